The fraction of sp³-hybridized carbons (Fsp3) is 0.533. The second-order valence-electron chi connectivity index (χ2n) is 5.59. The smallest absolute Gasteiger partial charge is 0.124 e. The van der Waals surface area contributed by atoms with Crippen molar-refractivity contribution in [3.05, 3.63) is 29.0 Å². The van der Waals surface area contributed by atoms with Gasteiger partial charge in [-0.15, -0.1) is 11.6 Å². The summed E-state index contributed by atoms with van der Waals surface area (Å²) in [4.78, 5) is 4.62. The predicted octanol–water partition coefficient (Wildman–Crippen LogP) is 5.01. The van der Waals surface area contributed by atoms with Gasteiger partial charge < -0.3 is 4.57 Å². The van der Waals surface area contributed by atoms with E-state index in [1.54, 1.807) is 0 Å². The summed E-state index contributed by atoms with van der Waals surface area (Å²) in [5.41, 5.74) is 2.56. The third kappa shape index (κ3) is 2.25. The molecule has 0 unspecified atom stereocenters. The quantitative estimate of drug-likeness (QED) is 0.725. The van der Waals surface area contributed by atoms with Gasteiger partial charge in [0.1, 0.15) is 5.82 Å². The summed E-state index contributed by atoms with van der Waals surface area (Å²) in [5, 5.41) is 0.729. The number of aromatic nitrogens is 2. The first kappa shape index (κ1) is 13.3. The highest BCUT2D eigenvalue weighted by molar-refractivity contribution is 6.31. The molecule has 0 amide bonds. The number of nitrogens with zero attached hydrogens (tertiary/aromatic N) is 2. The highest BCUT2D eigenvalue weighted by Crippen LogP contribution is 2.45. The van der Waals surface area contributed by atoms with E-state index in [0.717, 1.165) is 28.4 Å². The molecule has 1 saturated carbocycles. The van der Waals surface area contributed by atoms with Crippen LogP contribution in [0.2, 0.25) is 5.02 Å². The van der Waals surface area contributed by atoms with Gasteiger partial charge in [0.2, 0.25) is 0 Å². The zero-order valence-electron chi connectivity index (χ0n) is 11.1. The van der Waals surface area contributed by atoms with E-state index in [4.69, 9.17) is 23.2 Å². The average Bonchev–Trinajstić information content (AvgIpc) is 2.70. The van der Waals surface area contributed by atoms with Crippen molar-refractivity contribution in [3.63, 3.8) is 0 Å². The van der Waals surface area contributed by atoms with Crippen LogP contribution in [0.5, 0.6) is 0 Å². The van der Waals surface area contributed by atoms with Crippen LogP contribution in [0.15, 0.2) is 18.2 Å². The fourth-order valence-corrected chi connectivity index (χ4v) is 3.44. The monoisotopic (exact) mass is 296 g/mol. The number of hydrogen-bond donors (Lipinski definition) is 0. The highest BCUT2D eigenvalue weighted by Gasteiger charge is 2.36. The van der Waals surface area contributed by atoms with Crippen molar-refractivity contribution in [1.82, 2.24) is 9.55 Å². The normalized spacial score (nSPS) is 17.6. The first-order valence-electron chi connectivity index (χ1n) is 6.88. The van der Waals surface area contributed by atoms with E-state index >= 15 is 0 Å². The van der Waals surface area contributed by atoms with Crippen molar-refractivity contribution in [2.24, 2.45) is 5.41 Å². The minimum absolute atomic E-state index is 0.450. The minimum atomic E-state index is 0.450. The molecule has 0 N–H and O–H groups in total. The Labute approximate surface area is 123 Å². The lowest BCUT2D eigenvalue weighted by atomic mass is 9.67. The van der Waals surface area contributed by atoms with Crippen LogP contribution in [0.4, 0.5) is 0 Å². The van der Waals surface area contributed by atoms with Crippen molar-refractivity contribution in [2.75, 3.05) is 0 Å². The van der Waals surface area contributed by atoms with Gasteiger partial charge in [0.25, 0.3) is 0 Å². The van der Waals surface area contributed by atoms with Crippen molar-refractivity contribution in [3.8, 4) is 0 Å². The van der Waals surface area contributed by atoms with Crippen LogP contribution < -0.4 is 0 Å². The Morgan fingerprint density at radius 3 is 2.74 bits per heavy atom. The molecule has 2 nitrogen and oxygen atoms in total. The van der Waals surface area contributed by atoms with Gasteiger partial charge in [-0.05, 0) is 42.9 Å². The number of fused-ring (bicyclic) bond motifs is 1. The second-order valence-corrected chi connectivity index (χ2v) is 6.29. The van der Waals surface area contributed by atoms with Crippen LogP contribution in [0, 0.1) is 5.41 Å². The van der Waals surface area contributed by atoms with Gasteiger partial charge in [-0.25, -0.2) is 4.98 Å². The van der Waals surface area contributed by atoms with E-state index in [2.05, 4.69) is 22.5 Å². The first-order chi connectivity index (χ1) is 9.17. The van der Waals surface area contributed by atoms with E-state index < -0.39 is 0 Å². The molecule has 2 aromatic rings. The number of hydrogen-bond acceptors (Lipinski definition) is 1. The molecule has 1 aliphatic rings. The van der Waals surface area contributed by atoms with Gasteiger partial charge in [0.05, 0.1) is 16.9 Å². The maximum atomic E-state index is 6.06. The zero-order valence-corrected chi connectivity index (χ0v) is 12.6. The number of imidazole rings is 1. The van der Waals surface area contributed by atoms with Crippen molar-refractivity contribution in [2.45, 2.75) is 45.0 Å². The highest BCUT2D eigenvalue weighted by atomic mass is 35.5. The topological polar surface area (TPSA) is 17.8 Å². The number of rotatable bonds is 4. The Kier molecular flexibility index (Phi) is 3.48. The van der Waals surface area contributed by atoms with Gasteiger partial charge in [-0.2, -0.15) is 0 Å². The summed E-state index contributed by atoms with van der Waals surface area (Å²) in [6, 6.07) is 5.91. The molecule has 1 aliphatic carbocycles. The second kappa shape index (κ2) is 4.99. The van der Waals surface area contributed by atoms with E-state index in [1.165, 1.54) is 25.7 Å². The van der Waals surface area contributed by atoms with Crippen LogP contribution in [0.3, 0.4) is 0 Å². The summed E-state index contributed by atoms with van der Waals surface area (Å²) in [5.74, 6) is 1.41. The first-order valence-corrected chi connectivity index (χ1v) is 7.79. The Bertz CT molecular complexity index is 594. The Balaban J connectivity index is 2.05. The molecule has 0 aliphatic heterocycles. The predicted molar refractivity (Wildman–Crippen MR) is 80.9 cm³/mol. The fourth-order valence-electron chi connectivity index (χ4n) is 3.07. The largest absolute Gasteiger partial charge is 0.326 e. The number of halogens is 2. The molecule has 0 bridgehead atoms. The SMILES string of the molecule is CCC1(Cn2c(CCl)nc3cc(Cl)ccc32)CCC1. The van der Waals surface area contributed by atoms with Gasteiger partial charge in [0, 0.05) is 11.6 Å². The number of alkyl halides is 1. The lowest BCUT2D eigenvalue weighted by molar-refractivity contribution is 0.101. The van der Waals surface area contributed by atoms with Gasteiger partial charge in [0.15, 0.2) is 0 Å². The van der Waals surface area contributed by atoms with Crippen LogP contribution in [0.25, 0.3) is 11.0 Å². The van der Waals surface area contributed by atoms with Crippen LogP contribution in [-0.2, 0) is 12.4 Å². The Hall–Kier alpha value is -0.730. The molecule has 0 saturated heterocycles. The van der Waals surface area contributed by atoms with Crippen molar-refractivity contribution in [1.29, 1.82) is 0 Å². The molecule has 0 radical (unpaired) electrons. The number of benzene rings is 1. The Morgan fingerprint density at radius 1 is 1.37 bits per heavy atom. The van der Waals surface area contributed by atoms with E-state index in [1.807, 2.05) is 12.1 Å². The average molecular weight is 297 g/mol. The molecule has 1 fully saturated rings. The van der Waals surface area contributed by atoms with E-state index in [9.17, 15) is 0 Å². The maximum absolute atomic E-state index is 6.06. The van der Waals surface area contributed by atoms with Crippen LogP contribution >= 0.6 is 23.2 Å². The molecule has 4 heteroatoms. The molecule has 0 spiro atoms. The van der Waals surface area contributed by atoms with Crippen molar-refractivity contribution >= 4 is 34.2 Å². The third-order valence-corrected chi connectivity index (χ3v) is 5.04. The summed E-state index contributed by atoms with van der Waals surface area (Å²) in [6.07, 6.45) is 5.21. The lowest BCUT2D eigenvalue weighted by Gasteiger charge is -2.42. The van der Waals surface area contributed by atoms with Gasteiger partial charge in [-0.1, -0.05) is 24.9 Å². The molecule has 1 aromatic carbocycles. The summed E-state index contributed by atoms with van der Waals surface area (Å²) in [7, 11) is 0. The third-order valence-electron chi connectivity index (χ3n) is 4.57. The molecule has 3 rings (SSSR count). The molecular weight excluding hydrogens is 279 g/mol. The Morgan fingerprint density at radius 2 is 2.16 bits per heavy atom. The van der Waals surface area contributed by atoms with E-state index in [-0.39, 0.29) is 0 Å². The minimum Gasteiger partial charge on any atom is -0.326 e. The molecule has 19 heavy (non-hydrogen) atoms. The van der Waals surface area contributed by atoms with E-state index in [0.29, 0.717) is 11.3 Å². The summed E-state index contributed by atoms with van der Waals surface area (Å²) >= 11 is 12.1. The zero-order chi connectivity index (χ0) is 13.5. The molecule has 102 valence electrons. The summed E-state index contributed by atoms with van der Waals surface area (Å²) < 4.78 is 2.29. The standard InChI is InChI=1S/C15H18Cl2N2/c1-2-15(6-3-7-15)10-19-13-5-4-11(17)8-12(13)18-14(19)9-16/h4-5,8H,2-3,6-7,9-10H2,1H3. The summed E-state index contributed by atoms with van der Waals surface area (Å²) in [6.45, 7) is 3.32. The lowest BCUT2D eigenvalue weighted by Crippen LogP contribution is -2.33. The molecule has 1 aromatic heterocycles. The maximum Gasteiger partial charge on any atom is 0.124 e. The van der Waals surface area contributed by atoms with Crippen molar-refractivity contribution < 1.29 is 0 Å². The van der Waals surface area contributed by atoms with Gasteiger partial charge in [-0.3, -0.25) is 0 Å². The van der Waals surface area contributed by atoms with Crippen LogP contribution in [-0.4, -0.2) is 9.55 Å². The van der Waals surface area contributed by atoms with Gasteiger partial charge >= 0.3 is 0 Å². The van der Waals surface area contributed by atoms with Crippen LogP contribution in [0.1, 0.15) is 38.4 Å². The molecule has 1 heterocycles. The molecular formula is C15H18Cl2N2. The molecule has 0 atom stereocenters.